The lowest BCUT2D eigenvalue weighted by Gasteiger charge is -2.09. The standard InChI is InChI=1S/C19H19FN4O/c1-4-6-14-11-15(8-9-16(14)13(3)25)18-12(2)24(23-22-18)17-7-5-10-21-19(17)20/h5,7-11H,4,6H2,1-3H3. The summed E-state index contributed by atoms with van der Waals surface area (Å²) in [5, 5.41) is 8.29. The van der Waals surface area contributed by atoms with Crippen molar-refractivity contribution in [3.63, 3.8) is 0 Å². The first-order valence-corrected chi connectivity index (χ1v) is 8.20. The molecule has 0 saturated heterocycles. The summed E-state index contributed by atoms with van der Waals surface area (Å²) < 4.78 is 15.4. The third-order valence-corrected chi connectivity index (χ3v) is 4.14. The highest BCUT2D eigenvalue weighted by Crippen LogP contribution is 2.26. The van der Waals surface area contributed by atoms with Crippen molar-refractivity contribution in [1.29, 1.82) is 0 Å². The second-order valence-corrected chi connectivity index (χ2v) is 5.93. The van der Waals surface area contributed by atoms with Crippen LogP contribution in [0.1, 0.15) is 41.9 Å². The Morgan fingerprint density at radius 3 is 2.76 bits per heavy atom. The van der Waals surface area contributed by atoms with Crippen LogP contribution in [0.15, 0.2) is 36.5 Å². The van der Waals surface area contributed by atoms with Gasteiger partial charge in [0.2, 0.25) is 5.95 Å². The van der Waals surface area contributed by atoms with Gasteiger partial charge >= 0.3 is 0 Å². The minimum absolute atomic E-state index is 0.0489. The van der Waals surface area contributed by atoms with Gasteiger partial charge in [-0.1, -0.05) is 30.7 Å². The molecule has 25 heavy (non-hydrogen) atoms. The Morgan fingerprint density at radius 1 is 1.28 bits per heavy atom. The molecular weight excluding hydrogens is 319 g/mol. The molecule has 0 aliphatic rings. The molecule has 0 fully saturated rings. The van der Waals surface area contributed by atoms with E-state index in [4.69, 9.17) is 0 Å². The fraction of sp³-hybridized carbons (Fsp3) is 0.263. The molecular formula is C19H19FN4O. The van der Waals surface area contributed by atoms with E-state index in [0.29, 0.717) is 11.4 Å². The van der Waals surface area contributed by atoms with E-state index in [9.17, 15) is 9.18 Å². The lowest BCUT2D eigenvalue weighted by Crippen LogP contribution is -2.03. The predicted molar refractivity (Wildman–Crippen MR) is 93.3 cm³/mol. The molecule has 0 saturated carbocycles. The topological polar surface area (TPSA) is 60.7 Å². The first-order chi connectivity index (χ1) is 12.0. The largest absolute Gasteiger partial charge is 0.295 e. The number of rotatable bonds is 5. The minimum atomic E-state index is -0.597. The van der Waals surface area contributed by atoms with E-state index in [1.54, 1.807) is 19.1 Å². The lowest BCUT2D eigenvalue weighted by atomic mass is 9.96. The Labute approximate surface area is 145 Å². The normalized spacial score (nSPS) is 10.9. The fourth-order valence-corrected chi connectivity index (χ4v) is 2.92. The summed E-state index contributed by atoms with van der Waals surface area (Å²) >= 11 is 0. The molecule has 3 aromatic rings. The van der Waals surface area contributed by atoms with Crippen molar-refractivity contribution in [2.45, 2.75) is 33.6 Å². The van der Waals surface area contributed by atoms with Crippen LogP contribution < -0.4 is 0 Å². The maximum Gasteiger partial charge on any atom is 0.238 e. The van der Waals surface area contributed by atoms with Crippen molar-refractivity contribution in [3.8, 4) is 16.9 Å². The Kier molecular flexibility index (Phi) is 4.70. The van der Waals surface area contributed by atoms with E-state index < -0.39 is 5.95 Å². The van der Waals surface area contributed by atoms with Gasteiger partial charge in [0.1, 0.15) is 11.4 Å². The number of Topliss-reactive ketones (excluding diaryl/α,β-unsaturated/α-hetero) is 1. The quantitative estimate of drug-likeness (QED) is 0.522. The van der Waals surface area contributed by atoms with Crippen LogP contribution >= 0.6 is 0 Å². The van der Waals surface area contributed by atoms with E-state index in [0.717, 1.165) is 29.5 Å². The van der Waals surface area contributed by atoms with Crippen LogP contribution in [0.4, 0.5) is 4.39 Å². The molecule has 3 rings (SSSR count). The van der Waals surface area contributed by atoms with Gasteiger partial charge in [-0.3, -0.25) is 4.79 Å². The van der Waals surface area contributed by atoms with Gasteiger partial charge in [0, 0.05) is 17.3 Å². The Balaban J connectivity index is 2.08. The summed E-state index contributed by atoms with van der Waals surface area (Å²) in [7, 11) is 0. The molecule has 2 aromatic heterocycles. The molecule has 0 amide bonds. The Hall–Kier alpha value is -2.89. The summed E-state index contributed by atoms with van der Waals surface area (Å²) in [6.45, 7) is 5.48. The molecule has 0 N–H and O–H groups in total. The molecule has 128 valence electrons. The summed E-state index contributed by atoms with van der Waals surface area (Å²) in [5.41, 5.74) is 4.22. The van der Waals surface area contributed by atoms with Crippen molar-refractivity contribution >= 4 is 5.78 Å². The van der Waals surface area contributed by atoms with E-state index in [1.165, 1.54) is 10.9 Å². The highest BCUT2D eigenvalue weighted by atomic mass is 19.1. The molecule has 0 bridgehead atoms. The number of hydrogen-bond donors (Lipinski definition) is 0. The van der Waals surface area contributed by atoms with Gasteiger partial charge in [0.25, 0.3) is 0 Å². The number of aromatic nitrogens is 4. The zero-order valence-corrected chi connectivity index (χ0v) is 14.5. The molecule has 0 aliphatic heterocycles. The van der Waals surface area contributed by atoms with Crippen LogP contribution in [0.3, 0.4) is 0 Å². The summed E-state index contributed by atoms with van der Waals surface area (Å²) in [5.74, 6) is -0.548. The molecule has 0 radical (unpaired) electrons. The number of hydrogen-bond acceptors (Lipinski definition) is 4. The van der Waals surface area contributed by atoms with Crippen LogP contribution in [0.25, 0.3) is 16.9 Å². The van der Waals surface area contributed by atoms with Gasteiger partial charge in [-0.05, 0) is 44.0 Å². The van der Waals surface area contributed by atoms with Crippen LogP contribution in [-0.2, 0) is 6.42 Å². The van der Waals surface area contributed by atoms with Gasteiger partial charge in [0.05, 0.1) is 5.69 Å². The summed E-state index contributed by atoms with van der Waals surface area (Å²) in [6, 6.07) is 8.92. The van der Waals surface area contributed by atoms with Crippen LogP contribution in [0, 0.1) is 12.9 Å². The highest BCUT2D eigenvalue weighted by Gasteiger charge is 2.16. The summed E-state index contributed by atoms with van der Waals surface area (Å²) in [6.07, 6.45) is 3.15. The maximum absolute atomic E-state index is 13.9. The van der Waals surface area contributed by atoms with Crippen LogP contribution in [-0.4, -0.2) is 25.8 Å². The number of carbonyl (C=O) groups excluding carboxylic acids is 1. The van der Waals surface area contributed by atoms with Gasteiger partial charge in [-0.25, -0.2) is 9.67 Å². The zero-order chi connectivity index (χ0) is 18.0. The van der Waals surface area contributed by atoms with Crippen molar-refractivity contribution in [2.75, 3.05) is 0 Å². The molecule has 0 aliphatic carbocycles. The van der Waals surface area contributed by atoms with Gasteiger partial charge in [-0.2, -0.15) is 4.39 Å². The monoisotopic (exact) mass is 338 g/mol. The van der Waals surface area contributed by atoms with Gasteiger partial charge in [-0.15, -0.1) is 5.10 Å². The first kappa shape index (κ1) is 17.0. The van der Waals surface area contributed by atoms with Crippen molar-refractivity contribution in [2.24, 2.45) is 0 Å². The smallest absolute Gasteiger partial charge is 0.238 e. The van der Waals surface area contributed by atoms with Crippen LogP contribution in [0.2, 0.25) is 0 Å². The first-order valence-electron chi connectivity index (χ1n) is 8.20. The summed E-state index contributed by atoms with van der Waals surface area (Å²) in [4.78, 5) is 15.5. The number of carbonyl (C=O) groups is 1. The highest BCUT2D eigenvalue weighted by molar-refractivity contribution is 5.96. The van der Waals surface area contributed by atoms with Crippen molar-refractivity contribution in [3.05, 3.63) is 59.3 Å². The Bertz CT molecular complexity index is 933. The molecule has 5 nitrogen and oxygen atoms in total. The average Bonchev–Trinajstić information content (AvgIpc) is 2.97. The van der Waals surface area contributed by atoms with Crippen molar-refractivity contribution in [1.82, 2.24) is 20.0 Å². The second kappa shape index (κ2) is 6.93. The third-order valence-electron chi connectivity index (χ3n) is 4.14. The number of ketones is 1. The molecule has 6 heteroatoms. The molecule has 1 aromatic carbocycles. The van der Waals surface area contributed by atoms with E-state index in [-0.39, 0.29) is 11.5 Å². The third kappa shape index (κ3) is 3.20. The van der Waals surface area contributed by atoms with Gasteiger partial charge in [0.15, 0.2) is 5.78 Å². The van der Waals surface area contributed by atoms with Crippen molar-refractivity contribution < 1.29 is 9.18 Å². The SMILES string of the molecule is CCCc1cc(-c2nnn(-c3cccnc3F)c2C)ccc1C(C)=O. The lowest BCUT2D eigenvalue weighted by molar-refractivity contribution is 0.101. The zero-order valence-electron chi connectivity index (χ0n) is 14.5. The minimum Gasteiger partial charge on any atom is -0.295 e. The second-order valence-electron chi connectivity index (χ2n) is 5.93. The molecule has 0 atom stereocenters. The number of aryl methyl sites for hydroxylation is 1. The Morgan fingerprint density at radius 2 is 2.08 bits per heavy atom. The average molecular weight is 338 g/mol. The number of halogens is 1. The molecule has 0 unspecified atom stereocenters. The fourth-order valence-electron chi connectivity index (χ4n) is 2.92. The predicted octanol–water partition coefficient (Wildman–Crippen LogP) is 3.93. The van der Waals surface area contributed by atoms with E-state index >= 15 is 0 Å². The molecule has 0 spiro atoms. The number of nitrogens with zero attached hydrogens (tertiary/aromatic N) is 4. The molecule has 2 heterocycles. The van der Waals surface area contributed by atoms with E-state index in [1.807, 2.05) is 25.1 Å². The number of pyridine rings is 1. The van der Waals surface area contributed by atoms with E-state index in [2.05, 4.69) is 22.2 Å². The number of benzene rings is 1. The van der Waals surface area contributed by atoms with Gasteiger partial charge < -0.3 is 0 Å². The maximum atomic E-state index is 13.9. The van der Waals surface area contributed by atoms with Crippen LogP contribution in [0.5, 0.6) is 0 Å².